The highest BCUT2D eigenvalue weighted by Gasteiger charge is 2.15. The van der Waals surface area contributed by atoms with Crippen molar-refractivity contribution in [3.63, 3.8) is 0 Å². The molecule has 0 atom stereocenters. The van der Waals surface area contributed by atoms with Crippen LogP contribution in [0, 0.1) is 0 Å². The molecule has 1 aromatic carbocycles. The average Bonchev–Trinajstić information content (AvgIpc) is 2.34. The summed E-state index contributed by atoms with van der Waals surface area (Å²) in [5.74, 6) is 0.384. The van der Waals surface area contributed by atoms with E-state index >= 15 is 0 Å². The van der Waals surface area contributed by atoms with Gasteiger partial charge in [-0.3, -0.25) is 0 Å². The highest BCUT2D eigenvalue weighted by molar-refractivity contribution is 5.69. The number of rotatable bonds is 6. The number of aliphatic carboxylic acids is 1. The lowest BCUT2D eigenvalue weighted by Gasteiger charge is -2.14. The standard InChI is InChI=1S/C11H14O6/c1-14-7-4-8(15-2)11(9(5-7)16-3)17-6-10(12)13/h4-5H,6H2,1-3H3,(H,12,13). The minimum Gasteiger partial charge on any atom is -0.496 e. The molecular formula is C11H14O6. The first kappa shape index (κ1) is 13.0. The Kier molecular flexibility index (Phi) is 4.45. The van der Waals surface area contributed by atoms with Gasteiger partial charge in [0.25, 0.3) is 0 Å². The van der Waals surface area contributed by atoms with Crippen LogP contribution in [0.25, 0.3) is 0 Å². The second-order valence-corrected chi connectivity index (χ2v) is 3.04. The fourth-order valence-corrected chi connectivity index (χ4v) is 1.25. The van der Waals surface area contributed by atoms with E-state index in [1.54, 1.807) is 12.1 Å². The van der Waals surface area contributed by atoms with Gasteiger partial charge in [-0.2, -0.15) is 0 Å². The lowest BCUT2D eigenvalue weighted by atomic mass is 10.2. The zero-order valence-electron chi connectivity index (χ0n) is 9.85. The van der Waals surface area contributed by atoms with Crippen molar-refractivity contribution in [1.29, 1.82) is 0 Å². The average molecular weight is 242 g/mol. The van der Waals surface area contributed by atoms with Crippen LogP contribution in [0.3, 0.4) is 0 Å². The molecule has 0 unspecified atom stereocenters. The number of hydrogen-bond donors (Lipinski definition) is 1. The normalized spacial score (nSPS) is 9.59. The van der Waals surface area contributed by atoms with Crippen LogP contribution < -0.4 is 18.9 Å². The molecular weight excluding hydrogens is 228 g/mol. The maximum Gasteiger partial charge on any atom is 0.341 e. The van der Waals surface area contributed by atoms with Crippen molar-refractivity contribution in [2.75, 3.05) is 27.9 Å². The Morgan fingerprint density at radius 3 is 2.00 bits per heavy atom. The monoisotopic (exact) mass is 242 g/mol. The largest absolute Gasteiger partial charge is 0.496 e. The second-order valence-electron chi connectivity index (χ2n) is 3.04. The van der Waals surface area contributed by atoms with E-state index < -0.39 is 12.6 Å². The number of hydrogen-bond acceptors (Lipinski definition) is 5. The molecule has 0 amide bonds. The summed E-state index contributed by atoms with van der Waals surface area (Å²) >= 11 is 0. The molecule has 0 aliphatic carbocycles. The summed E-state index contributed by atoms with van der Waals surface area (Å²) in [4.78, 5) is 10.5. The molecule has 0 spiro atoms. The van der Waals surface area contributed by atoms with Gasteiger partial charge in [-0.1, -0.05) is 0 Å². The van der Waals surface area contributed by atoms with Gasteiger partial charge in [0.15, 0.2) is 18.1 Å². The Labute approximate surface area is 98.7 Å². The Morgan fingerprint density at radius 1 is 1.12 bits per heavy atom. The Morgan fingerprint density at radius 2 is 1.65 bits per heavy atom. The second kappa shape index (κ2) is 5.83. The number of carboxylic acids is 1. The van der Waals surface area contributed by atoms with Gasteiger partial charge in [0.2, 0.25) is 5.75 Å². The minimum atomic E-state index is -1.08. The predicted molar refractivity (Wildman–Crippen MR) is 59.2 cm³/mol. The van der Waals surface area contributed by atoms with E-state index in [1.165, 1.54) is 21.3 Å². The molecule has 1 aromatic rings. The summed E-state index contributed by atoms with van der Waals surface area (Å²) in [6.07, 6.45) is 0. The smallest absolute Gasteiger partial charge is 0.341 e. The SMILES string of the molecule is COc1cc(OC)c(OCC(=O)O)c(OC)c1. The lowest BCUT2D eigenvalue weighted by molar-refractivity contribution is -0.139. The minimum absolute atomic E-state index is 0.234. The summed E-state index contributed by atoms with van der Waals surface area (Å²) in [5.41, 5.74) is 0. The van der Waals surface area contributed by atoms with Crippen molar-refractivity contribution in [2.45, 2.75) is 0 Å². The van der Waals surface area contributed by atoms with Crippen molar-refractivity contribution in [2.24, 2.45) is 0 Å². The molecule has 0 saturated heterocycles. The molecule has 0 aliphatic heterocycles. The maximum absolute atomic E-state index is 10.5. The summed E-state index contributed by atoms with van der Waals surface area (Å²) in [5, 5.41) is 8.57. The van der Waals surface area contributed by atoms with Gasteiger partial charge < -0.3 is 24.1 Å². The molecule has 6 heteroatoms. The number of benzene rings is 1. The molecule has 0 bridgehead atoms. The van der Waals surface area contributed by atoms with E-state index in [0.717, 1.165) is 0 Å². The van der Waals surface area contributed by atoms with Crippen molar-refractivity contribution < 1.29 is 28.8 Å². The van der Waals surface area contributed by atoms with Crippen LogP contribution >= 0.6 is 0 Å². The van der Waals surface area contributed by atoms with Gasteiger partial charge in [-0.15, -0.1) is 0 Å². The van der Waals surface area contributed by atoms with E-state index in [9.17, 15) is 4.79 Å². The van der Waals surface area contributed by atoms with Crippen molar-refractivity contribution >= 4 is 5.97 Å². The number of carbonyl (C=O) groups is 1. The Bertz CT molecular complexity index is 376. The number of carboxylic acid groups (broad SMARTS) is 1. The summed E-state index contributed by atoms with van der Waals surface area (Å²) in [6.45, 7) is -0.473. The van der Waals surface area contributed by atoms with Crippen LogP contribution in [-0.4, -0.2) is 39.0 Å². The first-order valence-corrected chi connectivity index (χ1v) is 4.77. The topological polar surface area (TPSA) is 74.2 Å². The quantitative estimate of drug-likeness (QED) is 0.807. The zero-order chi connectivity index (χ0) is 12.8. The molecule has 0 aromatic heterocycles. The van der Waals surface area contributed by atoms with Gasteiger partial charge in [-0.25, -0.2) is 4.79 Å². The molecule has 0 radical (unpaired) electrons. The molecule has 1 rings (SSSR count). The van der Waals surface area contributed by atoms with Crippen molar-refractivity contribution in [1.82, 2.24) is 0 Å². The van der Waals surface area contributed by atoms with E-state index in [0.29, 0.717) is 17.2 Å². The van der Waals surface area contributed by atoms with Gasteiger partial charge in [0.1, 0.15) is 5.75 Å². The van der Waals surface area contributed by atoms with E-state index in [2.05, 4.69) is 0 Å². The molecule has 0 saturated carbocycles. The van der Waals surface area contributed by atoms with E-state index in [1.807, 2.05) is 0 Å². The molecule has 17 heavy (non-hydrogen) atoms. The zero-order valence-corrected chi connectivity index (χ0v) is 9.85. The molecule has 94 valence electrons. The fraction of sp³-hybridized carbons (Fsp3) is 0.364. The molecule has 0 heterocycles. The molecule has 0 fully saturated rings. The van der Waals surface area contributed by atoms with Crippen LogP contribution in [-0.2, 0) is 4.79 Å². The highest BCUT2D eigenvalue weighted by atomic mass is 16.5. The third-order valence-electron chi connectivity index (χ3n) is 2.01. The van der Waals surface area contributed by atoms with Crippen molar-refractivity contribution in [3.05, 3.63) is 12.1 Å². The first-order chi connectivity index (χ1) is 8.12. The van der Waals surface area contributed by atoms with Gasteiger partial charge >= 0.3 is 5.97 Å². The van der Waals surface area contributed by atoms with Crippen molar-refractivity contribution in [3.8, 4) is 23.0 Å². The van der Waals surface area contributed by atoms with E-state index in [-0.39, 0.29) is 5.75 Å². The molecule has 0 aliphatic rings. The Hall–Kier alpha value is -2.11. The van der Waals surface area contributed by atoms with Crippen LogP contribution in [0.5, 0.6) is 23.0 Å². The number of methoxy groups -OCH3 is 3. The third kappa shape index (κ3) is 3.17. The van der Waals surface area contributed by atoms with Crippen LogP contribution in [0.1, 0.15) is 0 Å². The molecule has 1 N–H and O–H groups in total. The summed E-state index contributed by atoms with van der Waals surface area (Å²) < 4.78 is 20.3. The highest BCUT2D eigenvalue weighted by Crippen LogP contribution is 2.40. The van der Waals surface area contributed by atoms with Gasteiger partial charge in [0.05, 0.1) is 21.3 Å². The van der Waals surface area contributed by atoms with E-state index in [4.69, 9.17) is 24.1 Å². The maximum atomic E-state index is 10.5. The summed E-state index contributed by atoms with van der Waals surface area (Å²) in [7, 11) is 4.40. The van der Waals surface area contributed by atoms with Gasteiger partial charge in [0, 0.05) is 12.1 Å². The van der Waals surface area contributed by atoms with Gasteiger partial charge in [-0.05, 0) is 0 Å². The van der Waals surface area contributed by atoms with Crippen LogP contribution in [0.15, 0.2) is 12.1 Å². The molecule has 6 nitrogen and oxygen atoms in total. The fourth-order valence-electron chi connectivity index (χ4n) is 1.25. The first-order valence-electron chi connectivity index (χ1n) is 4.77. The lowest BCUT2D eigenvalue weighted by Crippen LogP contribution is -2.10. The Balaban J connectivity index is 3.10. The van der Waals surface area contributed by atoms with Crippen LogP contribution in [0.4, 0.5) is 0 Å². The predicted octanol–water partition coefficient (Wildman–Crippen LogP) is 1.18. The third-order valence-corrected chi connectivity index (χ3v) is 2.01. The van der Waals surface area contributed by atoms with Crippen LogP contribution in [0.2, 0.25) is 0 Å². The number of ether oxygens (including phenoxy) is 4. The summed E-state index contributed by atoms with van der Waals surface area (Å²) in [6, 6.07) is 3.17.